The van der Waals surface area contributed by atoms with Gasteiger partial charge in [-0.25, -0.2) is 9.59 Å². The third-order valence-electron chi connectivity index (χ3n) is 12.3. The highest BCUT2D eigenvalue weighted by molar-refractivity contribution is 5.73. The van der Waals surface area contributed by atoms with Crippen molar-refractivity contribution in [3.8, 4) is 0 Å². The Labute approximate surface area is 429 Å². The fourth-order valence-electron chi connectivity index (χ4n) is 9.11. The Hall–Kier alpha value is -6.82. The van der Waals surface area contributed by atoms with Crippen LogP contribution in [0.2, 0.25) is 0 Å². The molecule has 0 atom stereocenters. The molecule has 1 N–H and O–H groups in total. The van der Waals surface area contributed by atoms with E-state index < -0.39 is 34.8 Å². The van der Waals surface area contributed by atoms with E-state index in [1.807, 2.05) is 98.1 Å². The van der Waals surface area contributed by atoms with Crippen molar-refractivity contribution in [2.24, 2.45) is 0 Å². The number of aromatic nitrogens is 8. The molecule has 2 amide bonds. The van der Waals surface area contributed by atoms with Crippen LogP contribution in [0.1, 0.15) is 112 Å². The first-order valence-corrected chi connectivity index (χ1v) is 25.3. The number of piperazine rings is 2. The van der Waals surface area contributed by atoms with E-state index in [9.17, 15) is 33.9 Å². The smallest absolute Gasteiger partial charge is 0.410 e. The molecule has 8 rings (SSSR count). The van der Waals surface area contributed by atoms with Crippen molar-refractivity contribution in [3.63, 3.8) is 0 Å². The molecule has 0 unspecified atom stereocenters. The largest absolute Gasteiger partial charge is 0.480 e. The molecule has 24 nitrogen and oxygen atoms in total. The molecule has 4 aromatic heterocycles. The van der Waals surface area contributed by atoms with E-state index in [4.69, 9.17) is 28.7 Å². The second-order valence-electron chi connectivity index (χ2n) is 21.4. The highest BCUT2D eigenvalue weighted by atomic mass is 16.6. The number of carbonyl (C=O) groups excluding carboxylic acids is 3. The third-order valence-corrected chi connectivity index (χ3v) is 12.3. The highest BCUT2D eigenvalue weighted by Crippen LogP contribution is 2.27. The Morgan fingerprint density at radius 1 is 0.581 bits per heavy atom. The van der Waals surface area contributed by atoms with Crippen molar-refractivity contribution < 1.29 is 48.0 Å². The molecule has 2 saturated heterocycles. The van der Waals surface area contributed by atoms with Crippen LogP contribution in [0.3, 0.4) is 0 Å². The molecule has 0 spiro atoms. The molecular weight excluding hydrogens is 961 g/mol. The molecule has 4 aliphatic heterocycles. The lowest BCUT2D eigenvalue weighted by molar-refractivity contribution is -0.155. The van der Waals surface area contributed by atoms with Crippen LogP contribution in [0.25, 0.3) is 22.7 Å². The Morgan fingerprint density at radius 2 is 0.959 bits per heavy atom. The van der Waals surface area contributed by atoms with Gasteiger partial charge in [-0.1, -0.05) is 26.0 Å². The molecule has 8 heterocycles. The zero-order chi connectivity index (χ0) is 53.9. The molecule has 4 aromatic rings. The third kappa shape index (κ3) is 12.9. The number of hydrogen-bond acceptors (Lipinski definition) is 17. The van der Waals surface area contributed by atoms with Gasteiger partial charge in [-0.05, 0) is 99.1 Å². The van der Waals surface area contributed by atoms with Crippen LogP contribution in [-0.4, -0.2) is 173 Å². The van der Waals surface area contributed by atoms with Crippen LogP contribution < -0.4 is 20.9 Å². The van der Waals surface area contributed by atoms with E-state index in [0.717, 1.165) is 11.1 Å². The van der Waals surface area contributed by atoms with Crippen molar-refractivity contribution in [2.75, 3.05) is 88.6 Å². The zero-order valence-electron chi connectivity index (χ0n) is 44.7. The summed E-state index contributed by atoms with van der Waals surface area (Å²) < 4.78 is 33.1. The molecular formula is C50H72N12O12. The van der Waals surface area contributed by atoms with Gasteiger partial charge in [-0.2, -0.15) is 19.0 Å². The number of fused-ring (bicyclic) bond motifs is 2. The predicted octanol–water partition coefficient (Wildman–Crippen LogP) is 4.05. The van der Waals surface area contributed by atoms with Crippen LogP contribution in [0, 0.1) is 0 Å². The fraction of sp³-hybridized carbons (Fsp3) is 0.640. The monoisotopic (exact) mass is 1030 g/mol. The fourth-order valence-corrected chi connectivity index (χ4v) is 9.11. The highest BCUT2D eigenvalue weighted by Gasteiger charge is 2.33. The van der Waals surface area contributed by atoms with Crippen molar-refractivity contribution in [1.82, 2.24) is 48.1 Å². The summed E-state index contributed by atoms with van der Waals surface area (Å²) in [5, 5.41) is 18.6. The Morgan fingerprint density at radius 3 is 1.28 bits per heavy atom. The van der Waals surface area contributed by atoms with Gasteiger partial charge in [0.2, 0.25) is 11.6 Å². The van der Waals surface area contributed by atoms with Crippen molar-refractivity contribution in [1.29, 1.82) is 0 Å². The topological polar surface area (TPSA) is 252 Å². The number of carboxylic acids is 1. The van der Waals surface area contributed by atoms with Gasteiger partial charge in [0.15, 0.2) is 11.6 Å². The number of amides is 2. The Bertz CT molecular complexity index is 2930. The van der Waals surface area contributed by atoms with Gasteiger partial charge in [0, 0.05) is 52.4 Å². The second-order valence-corrected chi connectivity index (χ2v) is 21.4. The maximum Gasteiger partial charge on any atom is 0.410 e. The molecule has 0 aromatic carbocycles. The molecule has 0 aliphatic carbocycles. The Kier molecular flexibility index (Phi) is 16.6. The molecule has 0 bridgehead atoms. The van der Waals surface area contributed by atoms with Crippen LogP contribution >= 0.6 is 0 Å². The number of ether oxygens (including phenoxy) is 5. The molecule has 74 heavy (non-hydrogen) atoms. The molecule has 0 radical (unpaired) electrons. The molecule has 404 valence electrons. The molecule has 0 saturated carbocycles. The normalized spacial score (nSPS) is 16.9. The van der Waals surface area contributed by atoms with Crippen LogP contribution in [0.4, 0.5) is 21.0 Å². The van der Waals surface area contributed by atoms with E-state index in [0.29, 0.717) is 145 Å². The van der Waals surface area contributed by atoms with Gasteiger partial charge in [0.1, 0.15) is 41.3 Å². The van der Waals surface area contributed by atoms with Crippen molar-refractivity contribution in [3.05, 3.63) is 55.9 Å². The summed E-state index contributed by atoms with van der Waals surface area (Å²) >= 11 is 0. The standard InChI is InChI=1S/C27H40N6O6.C23H32N6O6/c1-8-19-21(30-11-13-31(14-12-30)25(36)39-27(5,6)7)23(35)33-24(32(19)17-20(34)38-26(2,3)4)28-22(29-33)18-9-15-37-16-10-18;1-5-16-18(26-8-10-27(11-9-26)22(33)35-23(2,3)4)20(32)29-21(28(16)14-17(30)31)24-19(25-29)15-6-12-34-13-7-15/h9H,8,10-17H2,1-7H3;6H,5,7-14H2,1-4H3,(H,30,31). The summed E-state index contributed by atoms with van der Waals surface area (Å²) in [5.74, 6) is -0.131. The lowest BCUT2D eigenvalue weighted by Gasteiger charge is -2.37. The Balaban J connectivity index is 0.000000217. The van der Waals surface area contributed by atoms with E-state index in [-0.39, 0.29) is 36.1 Å². The lowest BCUT2D eigenvalue weighted by atomic mass is 10.1. The van der Waals surface area contributed by atoms with E-state index in [1.54, 1.807) is 18.9 Å². The number of nitrogens with zero attached hydrogens (tertiary/aromatic N) is 12. The van der Waals surface area contributed by atoms with Crippen LogP contribution in [-0.2, 0) is 59.2 Å². The molecule has 2 fully saturated rings. The van der Waals surface area contributed by atoms with E-state index in [1.165, 1.54) is 9.03 Å². The van der Waals surface area contributed by atoms with Gasteiger partial charge >= 0.3 is 24.1 Å². The van der Waals surface area contributed by atoms with Gasteiger partial charge in [0.25, 0.3) is 11.1 Å². The maximum absolute atomic E-state index is 13.9. The quantitative estimate of drug-likeness (QED) is 0.174. The first-order valence-electron chi connectivity index (χ1n) is 25.3. The van der Waals surface area contributed by atoms with Crippen LogP contribution in [0.5, 0.6) is 0 Å². The summed E-state index contributed by atoms with van der Waals surface area (Å²) in [6.45, 7) is 25.0. The first-order chi connectivity index (χ1) is 34.9. The lowest BCUT2D eigenvalue weighted by Crippen LogP contribution is -2.51. The maximum atomic E-state index is 13.9. The van der Waals surface area contributed by atoms with E-state index >= 15 is 0 Å². The van der Waals surface area contributed by atoms with Crippen molar-refractivity contribution in [2.45, 2.75) is 132 Å². The number of carboxylic acid groups (broad SMARTS) is 1. The first kappa shape index (κ1) is 54.9. The molecule has 4 aliphatic rings. The van der Waals surface area contributed by atoms with E-state index in [2.05, 4.69) is 15.2 Å². The van der Waals surface area contributed by atoms with Crippen molar-refractivity contribution >= 4 is 58.2 Å². The minimum atomic E-state index is -1.04. The number of rotatable bonds is 10. The molecule has 24 heteroatoms. The average molecular weight is 1030 g/mol. The van der Waals surface area contributed by atoms with Gasteiger partial charge in [-0.3, -0.25) is 19.2 Å². The summed E-state index contributed by atoms with van der Waals surface area (Å²) in [4.78, 5) is 93.7. The minimum Gasteiger partial charge on any atom is -0.480 e. The number of carbonyl (C=O) groups is 4. The zero-order valence-corrected chi connectivity index (χ0v) is 44.7. The number of anilines is 2. The number of aliphatic carboxylic acids is 1. The summed E-state index contributed by atoms with van der Waals surface area (Å²) in [5.41, 5.74) is 1.36. The van der Waals surface area contributed by atoms with Gasteiger partial charge in [0.05, 0.1) is 37.8 Å². The van der Waals surface area contributed by atoms with Gasteiger partial charge < -0.3 is 57.5 Å². The summed E-state index contributed by atoms with van der Waals surface area (Å²) in [7, 11) is 0. The van der Waals surface area contributed by atoms with Gasteiger partial charge in [-0.15, -0.1) is 10.2 Å². The SMILES string of the molecule is CCc1c(N2CCN(C(=O)OC(C)(C)C)CC2)c(=O)n2nc(C3=CCOCC3)nc2n1CC(=O)O.CCc1c(N2CCN(C(=O)OC(C)(C)C)CC2)c(=O)n2nc(C3=CCOCC3)nc2n1CC(=O)OC(C)(C)C. The summed E-state index contributed by atoms with van der Waals surface area (Å²) in [6.07, 6.45) is 5.19. The predicted molar refractivity (Wildman–Crippen MR) is 274 cm³/mol. The second kappa shape index (κ2) is 22.3. The van der Waals surface area contributed by atoms with Crippen LogP contribution in [0.15, 0.2) is 21.7 Å². The number of esters is 1. The minimum absolute atomic E-state index is 0.116. The average Bonchev–Trinajstić information content (AvgIpc) is 4.00. The number of hydrogen-bond donors (Lipinski definition) is 1. The summed E-state index contributed by atoms with van der Waals surface area (Å²) in [6, 6.07) is 0.